The van der Waals surface area contributed by atoms with Crippen molar-refractivity contribution in [2.75, 3.05) is 27.2 Å². The van der Waals surface area contributed by atoms with Crippen LogP contribution in [0, 0.1) is 0 Å². The lowest BCUT2D eigenvalue weighted by Crippen LogP contribution is -2.36. The van der Waals surface area contributed by atoms with Gasteiger partial charge in [0.1, 0.15) is 0 Å². The Bertz CT molecular complexity index is 597. The largest absolute Gasteiger partial charge is 0.337 e. The molecule has 0 aliphatic rings. The highest BCUT2D eigenvalue weighted by molar-refractivity contribution is 6.30. The van der Waals surface area contributed by atoms with E-state index in [2.05, 4.69) is 15.2 Å². The second-order valence-electron chi connectivity index (χ2n) is 5.66. The minimum atomic E-state index is 0.109. The van der Waals surface area contributed by atoms with Gasteiger partial charge in [0.2, 0.25) is 5.91 Å². The minimum absolute atomic E-state index is 0.109. The molecule has 1 amide bonds. The molecule has 0 saturated heterocycles. The fraction of sp³-hybridized carbons (Fsp3) is 0.438. The van der Waals surface area contributed by atoms with Crippen LogP contribution in [0.15, 0.2) is 36.7 Å². The van der Waals surface area contributed by atoms with Crippen molar-refractivity contribution in [3.63, 3.8) is 0 Å². The average Bonchev–Trinajstić information content (AvgIpc) is 3.04. The SMILES string of the molecule is CN(C)CCN(Cc1ccc(Cl)cc1)C(=O)CCn1ccnn1. The standard InChI is InChI=1S/C16H22ClN5O/c1-20(2)11-12-21(13-14-3-5-15(17)6-4-14)16(23)7-9-22-10-8-18-19-22/h3-6,8,10H,7,9,11-13H2,1-2H3. The van der Waals surface area contributed by atoms with Gasteiger partial charge in [-0.25, -0.2) is 0 Å². The molecule has 124 valence electrons. The van der Waals surface area contributed by atoms with E-state index in [-0.39, 0.29) is 5.91 Å². The third-order valence-corrected chi connectivity index (χ3v) is 3.74. The molecule has 6 nitrogen and oxygen atoms in total. The van der Waals surface area contributed by atoms with Gasteiger partial charge in [-0.2, -0.15) is 0 Å². The second-order valence-corrected chi connectivity index (χ2v) is 6.10. The summed E-state index contributed by atoms with van der Waals surface area (Å²) < 4.78 is 1.67. The predicted octanol–water partition coefficient (Wildman–Crippen LogP) is 1.91. The topological polar surface area (TPSA) is 54.3 Å². The van der Waals surface area contributed by atoms with Crippen molar-refractivity contribution >= 4 is 17.5 Å². The molecule has 0 aliphatic heterocycles. The summed E-state index contributed by atoms with van der Waals surface area (Å²) in [7, 11) is 4.00. The molecule has 7 heteroatoms. The summed E-state index contributed by atoms with van der Waals surface area (Å²) in [5.41, 5.74) is 1.07. The first-order valence-corrected chi connectivity index (χ1v) is 7.93. The lowest BCUT2D eigenvalue weighted by molar-refractivity contribution is -0.132. The Morgan fingerprint density at radius 3 is 2.57 bits per heavy atom. The molecule has 1 heterocycles. The third-order valence-electron chi connectivity index (χ3n) is 3.48. The first-order chi connectivity index (χ1) is 11.0. The quantitative estimate of drug-likeness (QED) is 0.739. The van der Waals surface area contributed by atoms with Crippen LogP contribution in [-0.2, 0) is 17.9 Å². The zero-order chi connectivity index (χ0) is 16.7. The van der Waals surface area contributed by atoms with Gasteiger partial charge in [0.25, 0.3) is 0 Å². The molecule has 0 atom stereocenters. The van der Waals surface area contributed by atoms with Crippen LogP contribution in [0.2, 0.25) is 5.02 Å². The van der Waals surface area contributed by atoms with E-state index in [1.165, 1.54) is 0 Å². The Balaban J connectivity index is 1.96. The van der Waals surface area contributed by atoms with Crippen molar-refractivity contribution in [1.82, 2.24) is 24.8 Å². The summed E-state index contributed by atoms with van der Waals surface area (Å²) in [5, 5.41) is 8.34. The molecular formula is C16H22ClN5O. The van der Waals surface area contributed by atoms with E-state index in [9.17, 15) is 4.79 Å². The molecule has 0 aliphatic carbocycles. The molecule has 0 radical (unpaired) electrons. The normalized spacial score (nSPS) is 11.0. The maximum Gasteiger partial charge on any atom is 0.224 e. The van der Waals surface area contributed by atoms with E-state index in [4.69, 9.17) is 11.6 Å². The molecule has 1 aromatic heterocycles. The number of aromatic nitrogens is 3. The molecule has 2 aromatic rings. The number of carbonyl (C=O) groups excluding carboxylic acids is 1. The highest BCUT2D eigenvalue weighted by Gasteiger charge is 2.14. The van der Waals surface area contributed by atoms with E-state index in [1.54, 1.807) is 17.1 Å². The highest BCUT2D eigenvalue weighted by atomic mass is 35.5. The maximum absolute atomic E-state index is 12.5. The lowest BCUT2D eigenvalue weighted by atomic mass is 10.2. The van der Waals surface area contributed by atoms with Crippen molar-refractivity contribution in [3.8, 4) is 0 Å². The fourth-order valence-corrected chi connectivity index (χ4v) is 2.27. The lowest BCUT2D eigenvalue weighted by Gasteiger charge is -2.24. The van der Waals surface area contributed by atoms with Crippen molar-refractivity contribution < 1.29 is 4.79 Å². The molecule has 0 N–H and O–H groups in total. The number of rotatable bonds is 8. The van der Waals surface area contributed by atoms with E-state index < -0.39 is 0 Å². The van der Waals surface area contributed by atoms with E-state index in [0.29, 0.717) is 31.1 Å². The maximum atomic E-state index is 12.5. The number of nitrogens with zero attached hydrogens (tertiary/aromatic N) is 5. The van der Waals surface area contributed by atoms with Crippen molar-refractivity contribution in [1.29, 1.82) is 0 Å². The molecule has 23 heavy (non-hydrogen) atoms. The van der Waals surface area contributed by atoms with Gasteiger partial charge in [-0.3, -0.25) is 9.48 Å². The summed E-state index contributed by atoms with van der Waals surface area (Å²) >= 11 is 5.92. The van der Waals surface area contributed by atoms with Crippen molar-refractivity contribution in [2.45, 2.75) is 19.5 Å². The minimum Gasteiger partial charge on any atom is -0.337 e. The van der Waals surface area contributed by atoms with Crippen LogP contribution in [-0.4, -0.2) is 57.9 Å². The fourth-order valence-electron chi connectivity index (χ4n) is 2.14. The molecule has 0 bridgehead atoms. The van der Waals surface area contributed by atoms with Gasteiger partial charge >= 0.3 is 0 Å². The zero-order valence-electron chi connectivity index (χ0n) is 13.5. The van der Waals surface area contributed by atoms with Gasteiger partial charge in [0, 0.05) is 37.3 Å². The molecule has 2 rings (SSSR count). The number of benzene rings is 1. The number of hydrogen-bond donors (Lipinski definition) is 0. The van der Waals surface area contributed by atoms with Crippen molar-refractivity contribution in [2.24, 2.45) is 0 Å². The van der Waals surface area contributed by atoms with Gasteiger partial charge < -0.3 is 9.80 Å². The van der Waals surface area contributed by atoms with Gasteiger partial charge in [-0.1, -0.05) is 28.9 Å². The average molecular weight is 336 g/mol. The number of aryl methyl sites for hydroxylation is 1. The number of likely N-dealkylation sites (N-methyl/N-ethyl adjacent to an activating group) is 1. The molecule has 0 spiro atoms. The first kappa shape index (κ1) is 17.4. The first-order valence-electron chi connectivity index (χ1n) is 7.55. The van der Waals surface area contributed by atoms with Gasteiger partial charge in [-0.05, 0) is 31.8 Å². The highest BCUT2D eigenvalue weighted by Crippen LogP contribution is 2.12. The Hall–Kier alpha value is -1.92. The predicted molar refractivity (Wildman–Crippen MR) is 90.1 cm³/mol. The molecular weight excluding hydrogens is 314 g/mol. The van der Waals surface area contributed by atoms with E-state index in [0.717, 1.165) is 12.1 Å². The van der Waals surface area contributed by atoms with Crippen LogP contribution in [0.25, 0.3) is 0 Å². The Morgan fingerprint density at radius 2 is 1.96 bits per heavy atom. The molecule has 0 saturated carbocycles. The summed E-state index contributed by atoms with van der Waals surface area (Å²) in [6.45, 7) is 2.63. The summed E-state index contributed by atoms with van der Waals surface area (Å²) in [6.07, 6.45) is 3.78. The number of amides is 1. The van der Waals surface area contributed by atoms with Gasteiger partial charge in [0.15, 0.2) is 0 Å². The van der Waals surface area contributed by atoms with Gasteiger partial charge in [0.05, 0.1) is 12.7 Å². The van der Waals surface area contributed by atoms with Crippen LogP contribution in [0.5, 0.6) is 0 Å². The zero-order valence-corrected chi connectivity index (χ0v) is 14.3. The van der Waals surface area contributed by atoms with E-state index >= 15 is 0 Å². The Kier molecular flexibility index (Phi) is 6.55. The van der Waals surface area contributed by atoms with Crippen LogP contribution in [0.1, 0.15) is 12.0 Å². The molecule has 0 fully saturated rings. The number of hydrogen-bond acceptors (Lipinski definition) is 4. The van der Waals surface area contributed by atoms with Crippen LogP contribution < -0.4 is 0 Å². The monoisotopic (exact) mass is 335 g/mol. The second kappa shape index (κ2) is 8.64. The Labute approximate surface area is 141 Å². The third kappa shape index (κ3) is 6.00. The molecule has 1 aromatic carbocycles. The number of carbonyl (C=O) groups is 1. The molecule has 0 unspecified atom stereocenters. The van der Waals surface area contributed by atoms with E-state index in [1.807, 2.05) is 43.3 Å². The van der Waals surface area contributed by atoms with Crippen molar-refractivity contribution in [3.05, 3.63) is 47.2 Å². The summed E-state index contributed by atoms with van der Waals surface area (Å²) in [6, 6.07) is 7.60. The Morgan fingerprint density at radius 1 is 1.22 bits per heavy atom. The smallest absolute Gasteiger partial charge is 0.224 e. The van der Waals surface area contributed by atoms with Crippen LogP contribution in [0.3, 0.4) is 0 Å². The van der Waals surface area contributed by atoms with Crippen LogP contribution in [0.4, 0.5) is 0 Å². The van der Waals surface area contributed by atoms with Crippen LogP contribution >= 0.6 is 11.6 Å². The van der Waals surface area contributed by atoms with Gasteiger partial charge in [-0.15, -0.1) is 5.10 Å². The number of halogens is 1. The summed E-state index contributed by atoms with van der Waals surface area (Å²) in [5.74, 6) is 0.109. The summed E-state index contributed by atoms with van der Waals surface area (Å²) in [4.78, 5) is 16.5.